The topological polar surface area (TPSA) is 89.8 Å². The third kappa shape index (κ3) is 3.83. The van der Waals surface area contributed by atoms with Gasteiger partial charge in [-0.05, 0) is 37.1 Å². The maximum Gasteiger partial charge on any atom is 0.293 e. The van der Waals surface area contributed by atoms with Gasteiger partial charge in [0.05, 0.1) is 14.2 Å². The second kappa shape index (κ2) is 8.49. The molecule has 0 saturated heterocycles. The minimum Gasteiger partial charge on any atom is -0.493 e. The number of para-hydroxylation sites is 1. The second-order valence-electron chi connectivity index (χ2n) is 7.30. The molecule has 30 heavy (non-hydrogen) atoms. The van der Waals surface area contributed by atoms with E-state index in [1.165, 1.54) is 7.11 Å². The molecule has 7 nitrogen and oxygen atoms in total. The third-order valence-electron chi connectivity index (χ3n) is 5.42. The van der Waals surface area contributed by atoms with E-state index in [0.717, 1.165) is 25.7 Å². The van der Waals surface area contributed by atoms with Crippen LogP contribution in [0.1, 0.15) is 36.2 Å². The van der Waals surface area contributed by atoms with E-state index >= 15 is 0 Å². The molecule has 3 aromatic rings. The van der Waals surface area contributed by atoms with Gasteiger partial charge in [-0.2, -0.15) is 0 Å². The molecule has 1 saturated carbocycles. The average Bonchev–Trinajstić information content (AvgIpc) is 3.42. The monoisotopic (exact) mass is 408 g/mol. The summed E-state index contributed by atoms with van der Waals surface area (Å²) in [4.78, 5) is 25.8. The summed E-state index contributed by atoms with van der Waals surface area (Å²) in [6, 6.07) is 12.3. The molecule has 0 aliphatic heterocycles. The van der Waals surface area contributed by atoms with Crippen molar-refractivity contribution in [1.29, 1.82) is 0 Å². The Morgan fingerprint density at radius 2 is 1.70 bits per heavy atom. The summed E-state index contributed by atoms with van der Waals surface area (Å²) in [7, 11) is 3.07. The molecule has 7 heteroatoms. The molecule has 1 aliphatic carbocycles. The normalized spacial score (nSPS) is 13.9. The molecule has 0 radical (unpaired) electrons. The number of ether oxygens (including phenoxy) is 2. The fourth-order valence-corrected chi connectivity index (χ4v) is 3.84. The number of carbonyl (C=O) groups excluding carboxylic acids is 2. The van der Waals surface area contributed by atoms with Gasteiger partial charge in [0.1, 0.15) is 11.3 Å². The van der Waals surface area contributed by atoms with Crippen molar-refractivity contribution in [3.8, 4) is 11.5 Å². The molecule has 4 rings (SSSR count). The second-order valence-corrected chi connectivity index (χ2v) is 7.30. The minimum atomic E-state index is -0.458. The van der Waals surface area contributed by atoms with Gasteiger partial charge >= 0.3 is 0 Å². The molecular formula is C23H24N2O5. The van der Waals surface area contributed by atoms with E-state index in [1.807, 2.05) is 18.2 Å². The van der Waals surface area contributed by atoms with E-state index in [4.69, 9.17) is 13.9 Å². The zero-order valence-corrected chi connectivity index (χ0v) is 17.0. The van der Waals surface area contributed by atoms with Crippen LogP contribution in [0.25, 0.3) is 11.0 Å². The Morgan fingerprint density at radius 1 is 0.967 bits per heavy atom. The van der Waals surface area contributed by atoms with Crippen molar-refractivity contribution in [3.63, 3.8) is 0 Å². The lowest BCUT2D eigenvalue weighted by Gasteiger charge is -2.12. The first-order valence-electron chi connectivity index (χ1n) is 9.96. The minimum absolute atomic E-state index is 0.0274. The van der Waals surface area contributed by atoms with Gasteiger partial charge in [-0.15, -0.1) is 0 Å². The standard InChI is InChI=1S/C23H24N2O5/c1-28-18-12-11-15(13-19(18)29-2)24-23(27)21-20(16-9-5-6-10-17(16)30-21)25-22(26)14-7-3-4-8-14/h5-6,9-14H,3-4,7-8H2,1-2H3,(H,24,27)(H,25,26). The molecule has 1 aromatic heterocycles. The number of rotatable bonds is 6. The molecule has 1 heterocycles. The first-order chi connectivity index (χ1) is 14.6. The van der Waals surface area contributed by atoms with Gasteiger partial charge < -0.3 is 24.5 Å². The van der Waals surface area contributed by atoms with Gasteiger partial charge in [-0.25, -0.2) is 0 Å². The number of nitrogens with one attached hydrogen (secondary N) is 2. The summed E-state index contributed by atoms with van der Waals surface area (Å²) >= 11 is 0. The van der Waals surface area contributed by atoms with E-state index in [0.29, 0.717) is 33.8 Å². The van der Waals surface area contributed by atoms with E-state index in [1.54, 1.807) is 31.4 Å². The van der Waals surface area contributed by atoms with Gasteiger partial charge in [0.2, 0.25) is 11.7 Å². The molecular weight excluding hydrogens is 384 g/mol. The van der Waals surface area contributed by atoms with Gasteiger partial charge in [0.15, 0.2) is 11.5 Å². The van der Waals surface area contributed by atoms with Crippen LogP contribution in [0.5, 0.6) is 11.5 Å². The highest BCUT2D eigenvalue weighted by Gasteiger charge is 2.27. The van der Waals surface area contributed by atoms with Gasteiger partial charge in [-0.3, -0.25) is 9.59 Å². The Balaban J connectivity index is 1.64. The van der Waals surface area contributed by atoms with Crippen LogP contribution in [0, 0.1) is 5.92 Å². The van der Waals surface area contributed by atoms with Gasteiger partial charge in [0.25, 0.3) is 5.91 Å². The quantitative estimate of drug-likeness (QED) is 0.610. The predicted octanol–water partition coefficient (Wildman–Crippen LogP) is 4.83. The summed E-state index contributed by atoms with van der Waals surface area (Å²) in [5.41, 5.74) is 1.46. The highest BCUT2D eigenvalue weighted by molar-refractivity contribution is 6.14. The first kappa shape index (κ1) is 19.8. The number of hydrogen-bond donors (Lipinski definition) is 2. The highest BCUT2D eigenvalue weighted by Crippen LogP contribution is 2.34. The molecule has 2 amide bonds. The summed E-state index contributed by atoms with van der Waals surface area (Å²) < 4.78 is 16.3. The Morgan fingerprint density at radius 3 is 2.43 bits per heavy atom. The van der Waals surface area contributed by atoms with E-state index < -0.39 is 5.91 Å². The van der Waals surface area contributed by atoms with Crippen LogP contribution >= 0.6 is 0 Å². The molecule has 2 aromatic carbocycles. The lowest BCUT2D eigenvalue weighted by atomic mass is 10.1. The number of methoxy groups -OCH3 is 2. The fourth-order valence-electron chi connectivity index (χ4n) is 3.84. The summed E-state index contributed by atoms with van der Waals surface area (Å²) in [6.45, 7) is 0. The maximum atomic E-state index is 13.0. The number of benzene rings is 2. The van der Waals surface area contributed by atoms with E-state index in [9.17, 15) is 9.59 Å². The SMILES string of the molecule is COc1ccc(NC(=O)c2oc3ccccc3c2NC(=O)C2CCCC2)cc1OC. The van der Waals surface area contributed by atoms with Gasteiger partial charge in [0, 0.05) is 23.1 Å². The van der Waals surface area contributed by atoms with Crippen molar-refractivity contribution < 1.29 is 23.5 Å². The number of hydrogen-bond acceptors (Lipinski definition) is 5. The van der Waals surface area contributed by atoms with Crippen LogP contribution < -0.4 is 20.1 Å². The van der Waals surface area contributed by atoms with Crippen molar-refractivity contribution >= 4 is 34.2 Å². The number of furan rings is 1. The predicted molar refractivity (Wildman–Crippen MR) is 114 cm³/mol. The zero-order valence-electron chi connectivity index (χ0n) is 17.0. The Bertz CT molecular complexity index is 1080. The molecule has 0 unspecified atom stereocenters. The molecule has 0 bridgehead atoms. The first-order valence-corrected chi connectivity index (χ1v) is 9.96. The number of fused-ring (bicyclic) bond motifs is 1. The van der Waals surface area contributed by atoms with E-state index in [-0.39, 0.29) is 17.6 Å². The lowest BCUT2D eigenvalue weighted by molar-refractivity contribution is -0.119. The van der Waals surface area contributed by atoms with E-state index in [2.05, 4.69) is 10.6 Å². The lowest BCUT2D eigenvalue weighted by Crippen LogP contribution is -2.22. The molecule has 156 valence electrons. The van der Waals surface area contributed by atoms with Crippen LogP contribution in [0.4, 0.5) is 11.4 Å². The largest absolute Gasteiger partial charge is 0.493 e. The summed E-state index contributed by atoms with van der Waals surface area (Å²) in [5, 5.41) is 6.45. The van der Waals surface area contributed by atoms with Crippen LogP contribution in [0.3, 0.4) is 0 Å². The molecule has 0 atom stereocenters. The molecule has 1 fully saturated rings. The Kier molecular flexibility index (Phi) is 5.61. The van der Waals surface area contributed by atoms with Crippen LogP contribution in [-0.4, -0.2) is 26.0 Å². The van der Waals surface area contributed by atoms with Crippen molar-refractivity contribution in [3.05, 3.63) is 48.2 Å². The fraction of sp³-hybridized carbons (Fsp3) is 0.304. The van der Waals surface area contributed by atoms with Crippen molar-refractivity contribution in [2.75, 3.05) is 24.9 Å². The van der Waals surface area contributed by atoms with Gasteiger partial charge in [-0.1, -0.05) is 25.0 Å². The van der Waals surface area contributed by atoms with Crippen molar-refractivity contribution in [2.45, 2.75) is 25.7 Å². The Labute approximate surface area is 174 Å². The average molecular weight is 408 g/mol. The Hall–Kier alpha value is -3.48. The van der Waals surface area contributed by atoms with Crippen LogP contribution in [0.15, 0.2) is 46.9 Å². The molecule has 1 aliphatic rings. The number of amides is 2. The van der Waals surface area contributed by atoms with Crippen LogP contribution in [0.2, 0.25) is 0 Å². The smallest absolute Gasteiger partial charge is 0.293 e. The third-order valence-corrected chi connectivity index (χ3v) is 5.42. The molecule has 0 spiro atoms. The summed E-state index contributed by atoms with van der Waals surface area (Å²) in [5.74, 6) is 0.565. The van der Waals surface area contributed by atoms with Crippen molar-refractivity contribution in [1.82, 2.24) is 0 Å². The number of carbonyl (C=O) groups is 2. The molecule has 2 N–H and O–H groups in total. The zero-order chi connectivity index (χ0) is 21.1. The highest BCUT2D eigenvalue weighted by atomic mass is 16.5. The summed E-state index contributed by atoms with van der Waals surface area (Å²) in [6.07, 6.45) is 3.84. The maximum absolute atomic E-state index is 13.0. The van der Waals surface area contributed by atoms with Crippen molar-refractivity contribution in [2.24, 2.45) is 5.92 Å². The number of anilines is 2. The van der Waals surface area contributed by atoms with Crippen LogP contribution in [-0.2, 0) is 4.79 Å².